The van der Waals surface area contributed by atoms with Crippen LogP contribution in [-0.2, 0) is 0 Å². The molecule has 3 rings (SSSR count). The third-order valence-corrected chi connectivity index (χ3v) is 5.16. The maximum absolute atomic E-state index is 12.0. The van der Waals surface area contributed by atoms with Gasteiger partial charge in [0.1, 0.15) is 0 Å². The average Bonchev–Trinajstić information content (AvgIpc) is 3.36. The standard InChI is InChI=1S/C17H32N4O/c1-13(2)21(16-5-6-16)10-8-18-17(22)19-15-7-9-20(12-15)11-14-3-4-14/h13-16H,3-12H2,1-2H3,(H2,18,19,22)/t15-/m0/s1. The first kappa shape index (κ1) is 16.1. The van der Waals surface area contributed by atoms with Gasteiger partial charge in [-0.15, -0.1) is 0 Å². The molecule has 0 radical (unpaired) electrons. The molecule has 0 spiro atoms. The Morgan fingerprint density at radius 2 is 2.00 bits per heavy atom. The Morgan fingerprint density at radius 1 is 1.23 bits per heavy atom. The summed E-state index contributed by atoms with van der Waals surface area (Å²) < 4.78 is 0. The zero-order chi connectivity index (χ0) is 15.5. The van der Waals surface area contributed by atoms with Crippen molar-refractivity contribution in [1.82, 2.24) is 20.4 Å². The number of nitrogens with one attached hydrogen (secondary N) is 2. The second-order valence-corrected chi connectivity index (χ2v) is 7.65. The molecule has 2 N–H and O–H groups in total. The lowest BCUT2D eigenvalue weighted by molar-refractivity contribution is 0.206. The van der Waals surface area contributed by atoms with Crippen molar-refractivity contribution in [2.75, 3.05) is 32.7 Å². The maximum Gasteiger partial charge on any atom is 0.315 e. The van der Waals surface area contributed by atoms with Gasteiger partial charge in [-0.3, -0.25) is 4.90 Å². The minimum Gasteiger partial charge on any atom is -0.337 e. The first-order chi connectivity index (χ1) is 10.6. The number of rotatable bonds is 8. The molecule has 2 amide bonds. The molecule has 0 aromatic heterocycles. The molecule has 126 valence electrons. The van der Waals surface area contributed by atoms with Gasteiger partial charge >= 0.3 is 6.03 Å². The number of nitrogens with zero attached hydrogens (tertiary/aromatic N) is 2. The van der Waals surface area contributed by atoms with E-state index >= 15 is 0 Å². The van der Waals surface area contributed by atoms with E-state index in [9.17, 15) is 4.79 Å². The molecule has 0 aromatic carbocycles. The molecule has 3 fully saturated rings. The van der Waals surface area contributed by atoms with Crippen LogP contribution in [0.25, 0.3) is 0 Å². The minimum absolute atomic E-state index is 0.0118. The van der Waals surface area contributed by atoms with Crippen LogP contribution >= 0.6 is 0 Å². The van der Waals surface area contributed by atoms with Crippen LogP contribution in [0.3, 0.4) is 0 Å². The Kier molecular flexibility index (Phi) is 5.24. The summed E-state index contributed by atoms with van der Waals surface area (Å²) in [6.45, 7) is 9.61. The van der Waals surface area contributed by atoms with Crippen LogP contribution in [0.15, 0.2) is 0 Å². The molecule has 2 saturated carbocycles. The fraction of sp³-hybridized carbons (Fsp3) is 0.941. The lowest BCUT2D eigenvalue weighted by atomic mass is 10.3. The molecule has 0 bridgehead atoms. The van der Waals surface area contributed by atoms with Gasteiger partial charge in [-0.1, -0.05) is 0 Å². The second kappa shape index (κ2) is 7.18. The van der Waals surface area contributed by atoms with Crippen molar-refractivity contribution in [2.45, 2.75) is 64.1 Å². The summed E-state index contributed by atoms with van der Waals surface area (Å²) in [5.74, 6) is 0.942. The third-order valence-electron chi connectivity index (χ3n) is 5.16. The average molecular weight is 308 g/mol. The number of carbonyl (C=O) groups is 1. The SMILES string of the molecule is CC(C)N(CCNC(=O)N[C@H]1CCN(CC2CC2)C1)C1CC1. The zero-order valence-corrected chi connectivity index (χ0v) is 14.2. The van der Waals surface area contributed by atoms with Gasteiger partial charge in [0.2, 0.25) is 0 Å². The molecule has 0 unspecified atom stereocenters. The molecule has 5 nitrogen and oxygen atoms in total. The molecule has 1 atom stereocenters. The molecule has 2 aliphatic carbocycles. The van der Waals surface area contributed by atoms with Gasteiger partial charge in [-0.25, -0.2) is 4.79 Å². The Labute approximate surface area is 134 Å². The van der Waals surface area contributed by atoms with Crippen LogP contribution in [0.2, 0.25) is 0 Å². The summed E-state index contributed by atoms with van der Waals surface area (Å²) in [7, 11) is 0. The van der Waals surface area contributed by atoms with Crippen molar-refractivity contribution in [3.05, 3.63) is 0 Å². The van der Waals surface area contributed by atoms with Crippen molar-refractivity contribution in [3.63, 3.8) is 0 Å². The maximum atomic E-state index is 12.0. The number of urea groups is 1. The first-order valence-electron chi connectivity index (χ1n) is 9.14. The van der Waals surface area contributed by atoms with Gasteiger partial charge in [0.25, 0.3) is 0 Å². The highest BCUT2D eigenvalue weighted by molar-refractivity contribution is 5.74. The Hall–Kier alpha value is -0.810. The van der Waals surface area contributed by atoms with Crippen molar-refractivity contribution >= 4 is 6.03 Å². The predicted octanol–water partition coefficient (Wildman–Crippen LogP) is 1.64. The number of carbonyl (C=O) groups excluding carboxylic acids is 1. The number of likely N-dealkylation sites (tertiary alicyclic amines) is 1. The summed E-state index contributed by atoms with van der Waals surface area (Å²) in [6, 6.07) is 1.68. The minimum atomic E-state index is 0.0118. The quantitative estimate of drug-likeness (QED) is 0.717. The summed E-state index contributed by atoms with van der Waals surface area (Å²) in [5.41, 5.74) is 0. The normalized spacial score (nSPS) is 25.9. The van der Waals surface area contributed by atoms with Gasteiger partial charge in [-0.05, 0) is 51.9 Å². The number of hydrogen-bond acceptors (Lipinski definition) is 3. The van der Waals surface area contributed by atoms with E-state index in [0.717, 1.165) is 44.6 Å². The molecule has 1 heterocycles. The Bertz CT molecular complexity index is 377. The van der Waals surface area contributed by atoms with E-state index in [4.69, 9.17) is 0 Å². The monoisotopic (exact) mass is 308 g/mol. The van der Waals surface area contributed by atoms with Crippen molar-refractivity contribution in [2.24, 2.45) is 5.92 Å². The Morgan fingerprint density at radius 3 is 2.64 bits per heavy atom. The highest BCUT2D eigenvalue weighted by Gasteiger charge is 2.31. The lowest BCUT2D eigenvalue weighted by Gasteiger charge is -2.26. The van der Waals surface area contributed by atoms with Crippen LogP contribution in [0.4, 0.5) is 4.79 Å². The van der Waals surface area contributed by atoms with Crippen LogP contribution in [0.5, 0.6) is 0 Å². The fourth-order valence-electron chi connectivity index (χ4n) is 3.59. The Balaban J connectivity index is 1.29. The van der Waals surface area contributed by atoms with E-state index in [1.165, 1.54) is 32.2 Å². The molecular weight excluding hydrogens is 276 g/mol. The van der Waals surface area contributed by atoms with Crippen LogP contribution in [0.1, 0.15) is 46.0 Å². The van der Waals surface area contributed by atoms with E-state index in [1.54, 1.807) is 0 Å². The molecule has 3 aliphatic rings. The van der Waals surface area contributed by atoms with E-state index in [-0.39, 0.29) is 6.03 Å². The highest BCUT2D eigenvalue weighted by Crippen LogP contribution is 2.30. The number of hydrogen-bond donors (Lipinski definition) is 2. The predicted molar refractivity (Wildman–Crippen MR) is 89.0 cm³/mol. The summed E-state index contributed by atoms with van der Waals surface area (Å²) in [5, 5.41) is 6.18. The van der Waals surface area contributed by atoms with Gasteiger partial charge < -0.3 is 15.5 Å². The summed E-state index contributed by atoms with van der Waals surface area (Å²) in [6.07, 6.45) is 6.55. The van der Waals surface area contributed by atoms with Crippen LogP contribution in [0, 0.1) is 5.92 Å². The lowest BCUT2D eigenvalue weighted by Crippen LogP contribution is -2.46. The topological polar surface area (TPSA) is 47.6 Å². The molecule has 22 heavy (non-hydrogen) atoms. The van der Waals surface area contributed by atoms with Gasteiger partial charge in [0, 0.05) is 50.8 Å². The molecular formula is C17H32N4O. The van der Waals surface area contributed by atoms with Crippen LogP contribution in [-0.4, -0.2) is 66.7 Å². The fourth-order valence-corrected chi connectivity index (χ4v) is 3.59. The smallest absolute Gasteiger partial charge is 0.315 e. The largest absolute Gasteiger partial charge is 0.337 e. The second-order valence-electron chi connectivity index (χ2n) is 7.65. The molecule has 5 heteroatoms. The van der Waals surface area contributed by atoms with Crippen molar-refractivity contribution < 1.29 is 4.79 Å². The molecule has 1 aliphatic heterocycles. The van der Waals surface area contributed by atoms with E-state index < -0.39 is 0 Å². The van der Waals surface area contributed by atoms with Crippen molar-refractivity contribution in [3.8, 4) is 0 Å². The van der Waals surface area contributed by atoms with Crippen LogP contribution < -0.4 is 10.6 Å². The van der Waals surface area contributed by atoms with E-state index in [0.29, 0.717) is 12.1 Å². The molecule has 1 saturated heterocycles. The first-order valence-corrected chi connectivity index (χ1v) is 9.14. The third kappa shape index (κ3) is 4.85. The van der Waals surface area contributed by atoms with E-state index in [1.807, 2.05) is 0 Å². The molecule has 0 aromatic rings. The van der Waals surface area contributed by atoms with Crippen molar-refractivity contribution in [1.29, 1.82) is 0 Å². The summed E-state index contributed by atoms with van der Waals surface area (Å²) >= 11 is 0. The van der Waals surface area contributed by atoms with Gasteiger partial charge in [0.15, 0.2) is 0 Å². The van der Waals surface area contributed by atoms with E-state index in [2.05, 4.69) is 34.3 Å². The van der Waals surface area contributed by atoms with Gasteiger partial charge in [-0.2, -0.15) is 0 Å². The highest BCUT2D eigenvalue weighted by atomic mass is 16.2. The summed E-state index contributed by atoms with van der Waals surface area (Å²) in [4.78, 5) is 17.0. The zero-order valence-electron chi connectivity index (χ0n) is 14.2. The number of amides is 2. The van der Waals surface area contributed by atoms with Gasteiger partial charge in [0.05, 0.1) is 0 Å².